The molecule has 0 saturated heterocycles. The Bertz CT molecular complexity index is 1250. The molecule has 0 bridgehead atoms. The SMILES string of the molecule is CCCOc1ccc([C@@H]2C3=C(CC(C)(C)CC3=O)Nc3ccccc3N2C(=O)CCC(=O)O)cc1OC. The molecule has 2 aromatic rings. The normalized spacial score (nSPS) is 18.3. The van der Waals surface area contributed by atoms with Gasteiger partial charge in [0, 0.05) is 24.1 Å². The highest BCUT2D eigenvalue weighted by Gasteiger charge is 2.43. The van der Waals surface area contributed by atoms with Crippen molar-refractivity contribution in [2.24, 2.45) is 5.41 Å². The van der Waals surface area contributed by atoms with Gasteiger partial charge in [-0.2, -0.15) is 0 Å². The van der Waals surface area contributed by atoms with Crippen molar-refractivity contribution >= 4 is 29.0 Å². The van der Waals surface area contributed by atoms with E-state index < -0.39 is 12.0 Å². The van der Waals surface area contributed by atoms with Crippen molar-refractivity contribution in [3.63, 3.8) is 0 Å². The molecule has 0 spiro atoms. The predicted octanol–water partition coefficient (Wildman–Crippen LogP) is 5.49. The largest absolute Gasteiger partial charge is 0.493 e. The van der Waals surface area contributed by atoms with Gasteiger partial charge < -0.3 is 19.9 Å². The van der Waals surface area contributed by atoms with Crippen LogP contribution in [-0.4, -0.2) is 36.5 Å². The third-order valence-electron chi connectivity index (χ3n) is 6.69. The summed E-state index contributed by atoms with van der Waals surface area (Å²) in [6, 6.07) is 12.1. The molecule has 0 saturated carbocycles. The van der Waals surface area contributed by atoms with Gasteiger partial charge in [0.15, 0.2) is 17.3 Å². The summed E-state index contributed by atoms with van der Waals surface area (Å²) in [5.74, 6) is -0.397. The number of nitrogens with zero attached hydrogens (tertiary/aromatic N) is 1. The van der Waals surface area contributed by atoms with E-state index >= 15 is 0 Å². The standard InChI is InChI=1S/C29H34N2O6/c1-5-14-37-23-11-10-18(15-24(23)36-4)28-27-20(16-29(2,3)17-22(27)32)30-19-8-6-7-9-21(19)31(28)25(33)12-13-26(34)35/h6-11,15,28,30H,5,12-14,16-17H2,1-4H3,(H,34,35)/t28-/m1/s1. The van der Waals surface area contributed by atoms with Gasteiger partial charge in [0.05, 0.1) is 37.6 Å². The van der Waals surface area contributed by atoms with Gasteiger partial charge >= 0.3 is 5.97 Å². The Morgan fingerprint density at radius 1 is 1.11 bits per heavy atom. The van der Waals surface area contributed by atoms with Crippen LogP contribution in [-0.2, 0) is 14.4 Å². The van der Waals surface area contributed by atoms with Crippen molar-refractivity contribution in [3.05, 3.63) is 59.3 Å². The van der Waals surface area contributed by atoms with Crippen LogP contribution in [0.1, 0.15) is 64.5 Å². The van der Waals surface area contributed by atoms with Crippen molar-refractivity contribution in [3.8, 4) is 11.5 Å². The highest BCUT2D eigenvalue weighted by molar-refractivity contribution is 6.06. The molecule has 1 atom stereocenters. The second-order valence-corrected chi connectivity index (χ2v) is 10.3. The zero-order valence-electron chi connectivity index (χ0n) is 21.8. The van der Waals surface area contributed by atoms with E-state index in [9.17, 15) is 19.5 Å². The number of carbonyl (C=O) groups is 3. The van der Waals surface area contributed by atoms with Crippen LogP contribution in [0.3, 0.4) is 0 Å². The number of rotatable bonds is 8. The van der Waals surface area contributed by atoms with Gasteiger partial charge in [-0.25, -0.2) is 0 Å². The molecule has 0 fully saturated rings. The van der Waals surface area contributed by atoms with Gasteiger partial charge in [0.2, 0.25) is 5.91 Å². The van der Waals surface area contributed by atoms with Crippen molar-refractivity contribution in [2.45, 2.75) is 58.9 Å². The van der Waals surface area contributed by atoms with E-state index in [0.717, 1.165) is 12.1 Å². The average Bonchev–Trinajstić information content (AvgIpc) is 2.99. The van der Waals surface area contributed by atoms with Gasteiger partial charge in [0.1, 0.15) is 0 Å². The van der Waals surface area contributed by atoms with E-state index in [1.807, 2.05) is 37.3 Å². The number of benzene rings is 2. The summed E-state index contributed by atoms with van der Waals surface area (Å²) in [5.41, 5.74) is 3.01. The predicted molar refractivity (Wildman–Crippen MR) is 141 cm³/mol. The molecular weight excluding hydrogens is 472 g/mol. The molecule has 37 heavy (non-hydrogen) atoms. The maximum Gasteiger partial charge on any atom is 0.303 e. The number of ether oxygens (including phenoxy) is 2. The highest BCUT2D eigenvalue weighted by Crippen LogP contribution is 2.49. The first kappa shape index (κ1) is 26.3. The summed E-state index contributed by atoms with van der Waals surface area (Å²) in [4.78, 5) is 40.4. The van der Waals surface area contributed by atoms with Gasteiger partial charge in [-0.05, 0) is 48.1 Å². The topological polar surface area (TPSA) is 105 Å². The van der Waals surface area contributed by atoms with Crippen LogP contribution < -0.4 is 19.7 Å². The third kappa shape index (κ3) is 5.48. The molecule has 0 aromatic heterocycles. The van der Waals surface area contributed by atoms with Crippen molar-refractivity contribution in [2.75, 3.05) is 23.9 Å². The Labute approximate surface area is 217 Å². The van der Waals surface area contributed by atoms with Gasteiger partial charge in [-0.15, -0.1) is 0 Å². The monoisotopic (exact) mass is 506 g/mol. The third-order valence-corrected chi connectivity index (χ3v) is 6.69. The second-order valence-electron chi connectivity index (χ2n) is 10.3. The number of carboxylic acids is 1. The first-order chi connectivity index (χ1) is 17.6. The maximum atomic E-state index is 13.7. The molecule has 8 nitrogen and oxygen atoms in total. The molecule has 196 valence electrons. The molecule has 1 aliphatic carbocycles. The summed E-state index contributed by atoms with van der Waals surface area (Å²) in [7, 11) is 1.55. The minimum absolute atomic E-state index is 0.0436. The van der Waals surface area contributed by atoms with Crippen LogP contribution in [0.25, 0.3) is 0 Å². The van der Waals surface area contributed by atoms with Crippen LogP contribution >= 0.6 is 0 Å². The fourth-order valence-corrected chi connectivity index (χ4v) is 5.10. The minimum atomic E-state index is -1.05. The van der Waals surface area contributed by atoms with Gasteiger partial charge in [-0.3, -0.25) is 19.3 Å². The molecular formula is C29H34N2O6. The molecule has 2 aromatic carbocycles. The van der Waals surface area contributed by atoms with Crippen LogP contribution in [0, 0.1) is 5.41 Å². The average molecular weight is 507 g/mol. The lowest BCUT2D eigenvalue weighted by Crippen LogP contribution is -2.39. The highest BCUT2D eigenvalue weighted by atomic mass is 16.5. The summed E-state index contributed by atoms with van der Waals surface area (Å²) >= 11 is 0. The van der Waals surface area contributed by atoms with E-state index in [0.29, 0.717) is 53.5 Å². The van der Waals surface area contributed by atoms with Crippen LogP contribution in [0.5, 0.6) is 11.5 Å². The van der Waals surface area contributed by atoms with E-state index in [4.69, 9.17) is 9.47 Å². The Morgan fingerprint density at radius 2 is 1.86 bits per heavy atom. The number of hydrogen-bond donors (Lipinski definition) is 2. The first-order valence-corrected chi connectivity index (χ1v) is 12.6. The number of nitrogens with one attached hydrogen (secondary N) is 1. The molecule has 8 heteroatoms. The zero-order valence-corrected chi connectivity index (χ0v) is 21.8. The van der Waals surface area contributed by atoms with Crippen LogP contribution in [0.2, 0.25) is 0 Å². The zero-order chi connectivity index (χ0) is 26.7. The van der Waals surface area contributed by atoms with E-state index in [-0.39, 0.29) is 29.9 Å². The van der Waals surface area contributed by atoms with Crippen molar-refractivity contribution in [1.82, 2.24) is 0 Å². The molecule has 1 amide bonds. The Balaban J connectivity index is 1.94. The number of methoxy groups -OCH3 is 1. The number of aliphatic carboxylic acids is 1. The van der Waals surface area contributed by atoms with Crippen LogP contribution in [0.15, 0.2) is 53.7 Å². The number of carboxylic acid groups (broad SMARTS) is 1. The summed E-state index contributed by atoms with van der Waals surface area (Å²) in [6.07, 6.45) is 1.30. The number of ketones is 1. The maximum absolute atomic E-state index is 13.7. The van der Waals surface area contributed by atoms with E-state index in [1.165, 1.54) is 0 Å². The van der Waals surface area contributed by atoms with Gasteiger partial charge in [-0.1, -0.05) is 39.0 Å². The molecule has 2 aliphatic rings. The molecule has 1 aliphatic heterocycles. The fourth-order valence-electron chi connectivity index (χ4n) is 5.10. The lowest BCUT2D eigenvalue weighted by molar-refractivity contribution is -0.138. The summed E-state index contributed by atoms with van der Waals surface area (Å²) < 4.78 is 11.5. The number of allylic oxidation sites excluding steroid dienone is 1. The quantitative estimate of drug-likeness (QED) is 0.488. The summed E-state index contributed by atoms with van der Waals surface area (Å²) in [6.45, 7) is 6.66. The number of Topliss-reactive ketones (excluding diaryl/α,β-unsaturated/α-hetero) is 1. The van der Waals surface area contributed by atoms with Crippen molar-refractivity contribution in [1.29, 1.82) is 0 Å². The lowest BCUT2D eigenvalue weighted by atomic mass is 9.73. The number of fused-ring (bicyclic) bond motifs is 1. The number of amides is 1. The molecule has 0 unspecified atom stereocenters. The van der Waals surface area contributed by atoms with Gasteiger partial charge in [0.25, 0.3) is 0 Å². The number of carbonyl (C=O) groups excluding carboxylic acids is 2. The van der Waals surface area contributed by atoms with E-state index in [1.54, 1.807) is 24.1 Å². The van der Waals surface area contributed by atoms with E-state index in [2.05, 4.69) is 19.2 Å². The first-order valence-electron chi connectivity index (χ1n) is 12.6. The number of hydrogen-bond acceptors (Lipinski definition) is 6. The number of anilines is 2. The molecule has 2 N–H and O–H groups in total. The smallest absolute Gasteiger partial charge is 0.303 e. The molecule has 4 rings (SSSR count). The lowest BCUT2D eigenvalue weighted by Gasteiger charge is -2.37. The number of para-hydroxylation sites is 2. The fraction of sp³-hybridized carbons (Fsp3) is 0.414. The Morgan fingerprint density at radius 3 is 2.57 bits per heavy atom. The second kappa shape index (κ2) is 10.7. The molecule has 0 radical (unpaired) electrons. The van der Waals surface area contributed by atoms with Crippen molar-refractivity contribution < 1.29 is 29.0 Å². The molecule has 1 heterocycles. The Hall–Kier alpha value is -3.81. The van der Waals surface area contributed by atoms with Crippen LogP contribution in [0.4, 0.5) is 11.4 Å². The Kier molecular flexibility index (Phi) is 7.57. The minimum Gasteiger partial charge on any atom is -0.493 e. The summed E-state index contributed by atoms with van der Waals surface area (Å²) in [5, 5.41) is 12.7.